The fourth-order valence-corrected chi connectivity index (χ4v) is 3.01. The number of esters is 1. The summed E-state index contributed by atoms with van der Waals surface area (Å²) in [6.07, 6.45) is 2.28. The molecule has 4 heteroatoms. The molecule has 1 aliphatic rings. The van der Waals surface area contributed by atoms with Crippen LogP contribution in [-0.2, 0) is 19.0 Å². The third-order valence-electron chi connectivity index (χ3n) is 4.16. The predicted octanol–water partition coefficient (Wildman–Crippen LogP) is 4.15. The average molecular weight is 336 g/mol. The van der Waals surface area contributed by atoms with Gasteiger partial charge in [0, 0.05) is 11.5 Å². The fourth-order valence-electron chi connectivity index (χ4n) is 3.01. The summed E-state index contributed by atoms with van der Waals surface area (Å²) in [5.74, 6) is -0.0269. The Morgan fingerprint density at radius 1 is 0.960 bits per heavy atom. The van der Waals surface area contributed by atoms with Gasteiger partial charge in [-0.2, -0.15) is 0 Å². The Balaban J connectivity index is 2.04. The number of benzene rings is 2. The first kappa shape index (κ1) is 16.8. The van der Waals surface area contributed by atoms with E-state index in [-0.39, 0.29) is 11.7 Å². The molecule has 0 bridgehead atoms. The molecule has 0 saturated carbocycles. The minimum atomic E-state index is -0.510. The molecule has 4 nitrogen and oxygen atoms in total. The van der Waals surface area contributed by atoms with Crippen molar-refractivity contribution in [3.8, 4) is 0 Å². The summed E-state index contributed by atoms with van der Waals surface area (Å²) >= 11 is 0. The van der Waals surface area contributed by atoms with E-state index in [9.17, 15) is 4.79 Å². The maximum absolute atomic E-state index is 11.8. The molecule has 0 amide bonds. The normalized spacial score (nSPS) is 14.0. The van der Waals surface area contributed by atoms with Crippen LogP contribution >= 0.6 is 0 Å². The summed E-state index contributed by atoms with van der Waals surface area (Å²) in [5, 5.41) is 0. The first-order valence-electron chi connectivity index (χ1n) is 8.07. The molecule has 1 heterocycles. The molecule has 0 atom stereocenters. The van der Waals surface area contributed by atoms with Crippen LogP contribution in [-0.4, -0.2) is 20.2 Å². The zero-order chi connectivity index (χ0) is 17.6. The van der Waals surface area contributed by atoms with E-state index in [0.29, 0.717) is 12.4 Å². The lowest BCUT2D eigenvalue weighted by molar-refractivity contribution is -0.140. The van der Waals surface area contributed by atoms with Gasteiger partial charge in [0.2, 0.25) is 5.76 Å². The third-order valence-corrected chi connectivity index (χ3v) is 4.16. The number of methoxy groups -OCH3 is 2. The molecular formula is C21H20O4. The van der Waals surface area contributed by atoms with Gasteiger partial charge in [-0.15, -0.1) is 0 Å². The van der Waals surface area contributed by atoms with Gasteiger partial charge in [0.25, 0.3) is 5.95 Å². The number of hydrogen-bond acceptors (Lipinski definition) is 4. The van der Waals surface area contributed by atoms with Gasteiger partial charge >= 0.3 is 5.97 Å². The molecule has 0 spiro atoms. The van der Waals surface area contributed by atoms with Crippen molar-refractivity contribution >= 4 is 5.97 Å². The minimum Gasteiger partial charge on any atom is -0.468 e. The number of allylic oxidation sites excluding steroid dienone is 2. The van der Waals surface area contributed by atoms with Crippen molar-refractivity contribution in [2.45, 2.75) is 12.3 Å². The SMILES string of the molecule is COC(=O)C1=CCC(C(c2ccccc2)c2ccccc2)=C(OC)O1. The van der Waals surface area contributed by atoms with Crippen LogP contribution in [0, 0.1) is 0 Å². The van der Waals surface area contributed by atoms with Gasteiger partial charge in [0.1, 0.15) is 0 Å². The van der Waals surface area contributed by atoms with E-state index < -0.39 is 5.97 Å². The number of hydrogen-bond donors (Lipinski definition) is 0. The lowest BCUT2D eigenvalue weighted by atomic mass is 9.83. The Morgan fingerprint density at radius 3 is 2.00 bits per heavy atom. The molecule has 128 valence electrons. The van der Waals surface area contributed by atoms with Crippen molar-refractivity contribution < 1.29 is 19.0 Å². The van der Waals surface area contributed by atoms with E-state index in [2.05, 4.69) is 24.3 Å². The Bertz CT molecular complexity index is 752. The second kappa shape index (κ2) is 7.71. The van der Waals surface area contributed by atoms with Gasteiger partial charge in [-0.05, 0) is 23.6 Å². The molecule has 0 aromatic heterocycles. The van der Waals surface area contributed by atoms with Crippen LogP contribution in [0.25, 0.3) is 0 Å². The van der Waals surface area contributed by atoms with E-state index in [4.69, 9.17) is 14.2 Å². The molecule has 25 heavy (non-hydrogen) atoms. The van der Waals surface area contributed by atoms with E-state index in [0.717, 1.165) is 16.7 Å². The van der Waals surface area contributed by atoms with Crippen LogP contribution in [0.5, 0.6) is 0 Å². The lowest BCUT2D eigenvalue weighted by Gasteiger charge is -2.26. The van der Waals surface area contributed by atoms with E-state index in [1.54, 1.807) is 13.2 Å². The first-order valence-corrected chi connectivity index (χ1v) is 8.07. The summed E-state index contributed by atoms with van der Waals surface area (Å²) in [6.45, 7) is 0. The second-order valence-corrected chi connectivity index (χ2v) is 5.64. The van der Waals surface area contributed by atoms with Crippen LogP contribution in [0.4, 0.5) is 0 Å². The highest BCUT2D eigenvalue weighted by molar-refractivity contribution is 5.86. The Kier molecular flexibility index (Phi) is 5.19. The maximum Gasteiger partial charge on any atom is 0.373 e. The summed E-state index contributed by atoms with van der Waals surface area (Å²) in [6, 6.07) is 20.3. The highest BCUT2D eigenvalue weighted by Crippen LogP contribution is 2.38. The van der Waals surface area contributed by atoms with Gasteiger partial charge in [-0.1, -0.05) is 60.7 Å². The number of rotatable bonds is 5. The molecule has 0 radical (unpaired) electrons. The molecule has 0 fully saturated rings. The molecule has 2 aromatic carbocycles. The van der Waals surface area contributed by atoms with Crippen molar-refractivity contribution in [3.63, 3.8) is 0 Å². The Morgan fingerprint density at radius 2 is 1.52 bits per heavy atom. The van der Waals surface area contributed by atoms with Crippen molar-refractivity contribution in [2.24, 2.45) is 0 Å². The number of ether oxygens (including phenoxy) is 3. The largest absolute Gasteiger partial charge is 0.468 e. The van der Waals surface area contributed by atoms with Crippen LogP contribution in [0.2, 0.25) is 0 Å². The summed E-state index contributed by atoms with van der Waals surface area (Å²) < 4.78 is 15.9. The predicted molar refractivity (Wildman–Crippen MR) is 94.6 cm³/mol. The van der Waals surface area contributed by atoms with Gasteiger partial charge in [0.05, 0.1) is 14.2 Å². The van der Waals surface area contributed by atoms with Crippen molar-refractivity contribution in [1.82, 2.24) is 0 Å². The maximum atomic E-state index is 11.8. The van der Waals surface area contributed by atoms with Crippen LogP contribution in [0.3, 0.4) is 0 Å². The molecule has 0 N–H and O–H groups in total. The molecule has 0 unspecified atom stereocenters. The molecule has 1 aliphatic heterocycles. The van der Waals surface area contributed by atoms with E-state index >= 15 is 0 Å². The van der Waals surface area contributed by atoms with Crippen LogP contribution < -0.4 is 0 Å². The number of carbonyl (C=O) groups is 1. The van der Waals surface area contributed by atoms with Gasteiger partial charge in [-0.3, -0.25) is 0 Å². The van der Waals surface area contributed by atoms with E-state index in [1.807, 2.05) is 36.4 Å². The highest BCUT2D eigenvalue weighted by Gasteiger charge is 2.29. The molecule has 3 rings (SSSR count). The average Bonchev–Trinajstić information content (AvgIpc) is 2.69. The van der Waals surface area contributed by atoms with Crippen molar-refractivity contribution in [3.05, 3.63) is 95.1 Å². The highest BCUT2D eigenvalue weighted by atomic mass is 16.7. The number of carbonyl (C=O) groups excluding carboxylic acids is 1. The van der Waals surface area contributed by atoms with E-state index in [1.165, 1.54) is 7.11 Å². The monoisotopic (exact) mass is 336 g/mol. The van der Waals surface area contributed by atoms with Gasteiger partial charge < -0.3 is 14.2 Å². The standard InChI is InChI=1S/C21H20O4/c1-23-20(22)18-14-13-17(21(24-2)25-18)19(15-9-5-3-6-10-15)16-11-7-4-8-12-16/h3-12,14,19H,13H2,1-2H3. The topological polar surface area (TPSA) is 44.8 Å². The quantitative estimate of drug-likeness (QED) is 0.769. The van der Waals surface area contributed by atoms with Crippen LogP contribution in [0.15, 0.2) is 84.0 Å². The summed E-state index contributed by atoms with van der Waals surface area (Å²) in [7, 11) is 2.87. The molecule has 0 aliphatic carbocycles. The molecule has 2 aromatic rings. The zero-order valence-corrected chi connectivity index (χ0v) is 14.3. The van der Waals surface area contributed by atoms with Crippen LogP contribution in [0.1, 0.15) is 23.5 Å². The van der Waals surface area contributed by atoms with Crippen molar-refractivity contribution in [1.29, 1.82) is 0 Å². The summed E-state index contributed by atoms with van der Waals surface area (Å²) in [4.78, 5) is 11.8. The molecule has 0 saturated heterocycles. The second-order valence-electron chi connectivity index (χ2n) is 5.64. The first-order chi connectivity index (χ1) is 12.2. The third kappa shape index (κ3) is 3.58. The summed E-state index contributed by atoms with van der Waals surface area (Å²) in [5.41, 5.74) is 3.24. The van der Waals surface area contributed by atoms with Crippen molar-refractivity contribution in [2.75, 3.05) is 14.2 Å². The fraction of sp³-hybridized carbons (Fsp3) is 0.190. The smallest absolute Gasteiger partial charge is 0.373 e. The Labute approximate surface area is 147 Å². The van der Waals surface area contributed by atoms with Gasteiger partial charge in [0.15, 0.2) is 0 Å². The Hall–Kier alpha value is -3.01. The minimum absolute atomic E-state index is 0.0206. The lowest BCUT2D eigenvalue weighted by Crippen LogP contribution is -2.17. The van der Waals surface area contributed by atoms with Gasteiger partial charge in [-0.25, -0.2) is 4.79 Å². The zero-order valence-electron chi connectivity index (χ0n) is 14.3. The molecular weight excluding hydrogens is 316 g/mol.